The van der Waals surface area contributed by atoms with Crippen LogP contribution in [0, 0.1) is 6.92 Å². The molecule has 7 heteroatoms. The zero-order valence-electron chi connectivity index (χ0n) is 9.83. The minimum Gasteiger partial charge on any atom is -0.390 e. The van der Waals surface area contributed by atoms with Crippen molar-refractivity contribution < 1.29 is 13.5 Å². The van der Waals surface area contributed by atoms with Gasteiger partial charge in [0, 0.05) is 11.9 Å². The molecule has 1 saturated heterocycles. The van der Waals surface area contributed by atoms with Crippen LogP contribution in [-0.2, 0) is 16.4 Å². The first-order valence-corrected chi connectivity index (χ1v) is 8.07. The van der Waals surface area contributed by atoms with E-state index in [1.165, 1.54) is 0 Å². The number of aryl methyl sites for hydroxylation is 1. The van der Waals surface area contributed by atoms with Gasteiger partial charge in [0.2, 0.25) is 0 Å². The minimum atomic E-state index is -3.09. The molecule has 1 aromatic rings. The van der Waals surface area contributed by atoms with Gasteiger partial charge in [-0.2, -0.15) is 0 Å². The summed E-state index contributed by atoms with van der Waals surface area (Å²) in [6.07, 6.45) is -0.787. The number of likely N-dealkylation sites (N-methyl/N-ethyl adjacent to an activating group) is 1. The molecule has 2 rings (SSSR count). The fourth-order valence-electron chi connectivity index (χ4n) is 2.09. The Morgan fingerprint density at radius 2 is 2.29 bits per heavy atom. The van der Waals surface area contributed by atoms with E-state index < -0.39 is 15.9 Å². The van der Waals surface area contributed by atoms with Crippen molar-refractivity contribution in [2.24, 2.45) is 0 Å². The van der Waals surface area contributed by atoms with Crippen LogP contribution in [-0.4, -0.2) is 54.1 Å². The van der Waals surface area contributed by atoms with Crippen molar-refractivity contribution in [2.75, 3.05) is 18.6 Å². The fourth-order valence-corrected chi connectivity index (χ4v) is 4.56. The molecule has 1 N–H and O–H groups in total. The van der Waals surface area contributed by atoms with Crippen LogP contribution < -0.4 is 0 Å². The van der Waals surface area contributed by atoms with Crippen LogP contribution in [0.2, 0.25) is 0 Å². The summed E-state index contributed by atoms with van der Waals surface area (Å²) in [5.41, 5.74) is 0.923. The number of aromatic nitrogens is 1. The zero-order chi connectivity index (χ0) is 12.6. The second-order valence-electron chi connectivity index (χ2n) is 4.48. The molecule has 96 valence electrons. The highest BCUT2D eigenvalue weighted by Crippen LogP contribution is 2.19. The van der Waals surface area contributed by atoms with Crippen LogP contribution in [0.3, 0.4) is 0 Å². The van der Waals surface area contributed by atoms with Gasteiger partial charge in [-0.05, 0) is 14.0 Å². The summed E-state index contributed by atoms with van der Waals surface area (Å²) in [6, 6.07) is -0.318. The van der Waals surface area contributed by atoms with Gasteiger partial charge < -0.3 is 5.11 Å². The average molecular weight is 276 g/mol. The average Bonchev–Trinajstić information content (AvgIpc) is 2.70. The van der Waals surface area contributed by atoms with Gasteiger partial charge in [0.1, 0.15) is 0 Å². The number of aliphatic hydroxyl groups excluding tert-OH is 1. The number of sulfone groups is 1. The van der Waals surface area contributed by atoms with Crippen molar-refractivity contribution in [3.8, 4) is 0 Å². The van der Waals surface area contributed by atoms with Crippen LogP contribution in [0.1, 0.15) is 10.7 Å². The maximum absolute atomic E-state index is 11.4. The standard InChI is InChI=1S/C10H16N2O3S2/c1-7-11-8(4-16-7)3-12(2)9-5-17(14,15)6-10(9)13/h4,9-10,13H,3,5-6H2,1-2H3. The predicted molar refractivity (Wildman–Crippen MR) is 66.8 cm³/mol. The maximum Gasteiger partial charge on any atom is 0.154 e. The highest BCUT2D eigenvalue weighted by atomic mass is 32.2. The number of thiazole rings is 1. The van der Waals surface area contributed by atoms with E-state index in [-0.39, 0.29) is 17.5 Å². The van der Waals surface area contributed by atoms with Gasteiger partial charge in [0.25, 0.3) is 0 Å². The van der Waals surface area contributed by atoms with Crippen molar-refractivity contribution in [1.29, 1.82) is 0 Å². The highest BCUT2D eigenvalue weighted by molar-refractivity contribution is 7.91. The quantitative estimate of drug-likeness (QED) is 0.844. The number of aliphatic hydroxyl groups is 1. The molecule has 1 aliphatic heterocycles. The fraction of sp³-hybridized carbons (Fsp3) is 0.700. The Morgan fingerprint density at radius 3 is 2.76 bits per heavy atom. The smallest absolute Gasteiger partial charge is 0.154 e. The molecule has 2 atom stereocenters. The molecule has 5 nitrogen and oxygen atoms in total. The predicted octanol–water partition coefficient (Wildman–Crippen LogP) is 0.0412. The minimum absolute atomic E-state index is 0.0355. The lowest BCUT2D eigenvalue weighted by molar-refractivity contribution is 0.0952. The molecule has 1 fully saturated rings. The van der Waals surface area contributed by atoms with Gasteiger partial charge >= 0.3 is 0 Å². The summed E-state index contributed by atoms with van der Waals surface area (Å²) in [5, 5.41) is 12.7. The lowest BCUT2D eigenvalue weighted by Gasteiger charge is -2.24. The Balaban J connectivity index is 2.03. The normalized spacial score (nSPS) is 27.8. The van der Waals surface area contributed by atoms with Crippen molar-refractivity contribution >= 4 is 21.2 Å². The van der Waals surface area contributed by atoms with Gasteiger partial charge in [0.15, 0.2) is 9.84 Å². The second kappa shape index (κ2) is 4.64. The van der Waals surface area contributed by atoms with E-state index in [2.05, 4.69) is 4.98 Å². The van der Waals surface area contributed by atoms with Crippen LogP contribution in [0.15, 0.2) is 5.38 Å². The van der Waals surface area contributed by atoms with Crippen LogP contribution in [0.5, 0.6) is 0 Å². The van der Waals surface area contributed by atoms with Crippen molar-refractivity contribution in [1.82, 2.24) is 9.88 Å². The number of nitrogens with zero attached hydrogens (tertiary/aromatic N) is 2. The van der Waals surface area contributed by atoms with Gasteiger partial charge in [-0.15, -0.1) is 11.3 Å². The first kappa shape index (κ1) is 12.9. The van der Waals surface area contributed by atoms with E-state index in [4.69, 9.17) is 0 Å². The third-order valence-electron chi connectivity index (χ3n) is 2.94. The molecule has 2 unspecified atom stereocenters. The molecule has 0 amide bonds. The number of hydrogen-bond donors (Lipinski definition) is 1. The molecule has 0 saturated carbocycles. The van der Waals surface area contributed by atoms with Gasteiger partial charge in [-0.25, -0.2) is 13.4 Å². The van der Waals surface area contributed by atoms with E-state index in [1.54, 1.807) is 11.3 Å². The summed E-state index contributed by atoms with van der Waals surface area (Å²) in [4.78, 5) is 6.19. The summed E-state index contributed by atoms with van der Waals surface area (Å²) in [7, 11) is -1.26. The zero-order valence-corrected chi connectivity index (χ0v) is 11.5. The SMILES string of the molecule is Cc1nc(CN(C)C2CS(=O)(=O)CC2O)cs1. The Kier molecular flexibility index (Phi) is 3.53. The molecule has 0 radical (unpaired) electrons. The molecule has 0 spiro atoms. The molecule has 17 heavy (non-hydrogen) atoms. The Labute approximate surface area is 105 Å². The third kappa shape index (κ3) is 3.04. The largest absolute Gasteiger partial charge is 0.390 e. The molecule has 1 aromatic heterocycles. The van der Waals surface area contributed by atoms with E-state index in [9.17, 15) is 13.5 Å². The maximum atomic E-state index is 11.4. The van der Waals surface area contributed by atoms with Crippen molar-refractivity contribution in [2.45, 2.75) is 25.6 Å². The topological polar surface area (TPSA) is 70.5 Å². The summed E-state index contributed by atoms with van der Waals surface area (Å²) < 4.78 is 22.8. The first-order valence-electron chi connectivity index (χ1n) is 5.37. The van der Waals surface area contributed by atoms with Crippen LogP contribution >= 0.6 is 11.3 Å². The van der Waals surface area contributed by atoms with Crippen LogP contribution in [0.4, 0.5) is 0 Å². The molecule has 1 aliphatic rings. The Morgan fingerprint density at radius 1 is 1.59 bits per heavy atom. The van der Waals surface area contributed by atoms with E-state index in [1.807, 2.05) is 24.3 Å². The molecular weight excluding hydrogens is 260 g/mol. The first-order chi connectivity index (χ1) is 7.87. The van der Waals surface area contributed by atoms with E-state index in [0.29, 0.717) is 6.54 Å². The van der Waals surface area contributed by atoms with Crippen molar-refractivity contribution in [3.05, 3.63) is 16.1 Å². The molecule has 0 bridgehead atoms. The van der Waals surface area contributed by atoms with E-state index >= 15 is 0 Å². The van der Waals surface area contributed by atoms with E-state index in [0.717, 1.165) is 10.7 Å². The molecular formula is C10H16N2O3S2. The van der Waals surface area contributed by atoms with Gasteiger partial charge in [0.05, 0.1) is 34.4 Å². The highest BCUT2D eigenvalue weighted by Gasteiger charge is 2.38. The monoisotopic (exact) mass is 276 g/mol. The third-order valence-corrected chi connectivity index (χ3v) is 5.46. The van der Waals surface area contributed by atoms with Gasteiger partial charge in [-0.1, -0.05) is 0 Å². The molecule has 0 aromatic carbocycles. The lowest BCUT2D eigenvalue weighted by atomic mass is 10.2. The van der Waals surface area contributed by atoms with Crippen LogP contribution in [0.25, 0.3) is 0 Å². The second-order valence-corrected chi connectivity index (χ2v) is 7.70. The summed E-state index contributed by atoms with van der Waals surface area (Å²) >= 11 is 1.57. The van der Waals surface area contributed by atoms with Crippen molar-refractivity contribution in [3.63, 3.8) is 0 Å². The number of rotatable bonds is 3. The van der Waals surface area contributed by atoms with Gasteiger partial charge in [-0.3, -0.25) is 4.90 Å². The molecule has 2 heterocycles. The molecule has 0 aliphatic carbocycles. The number of hydrogen-bond acceptors (Lipinski definition) is 6. The summed E-state index contributed by atoms with van der Waals surface area (Å²) in [6.45, 7) is 2.50. The summed E-state index contributed by atoms with van der Waals surface area (Å²) in [5.74, 6) is -0.0914. The Bertz CT molecular complexity index is 497. The lowest BCUT2D eigenvalue weighted by Crippen LogP contribution is -2.40. The Hall–Kier alpha value is -0.500.